The number of amides is 1. The van der Waals surface area contributed by atoms with Crippen LogP contribution in [0.5, 0.6) is 0 Å². The fraction of sp³-hybridized carbons (Fsp3) is 0.312. The van der Waals surface area contributed by atoms with Gasteiger partial charge in [-0.05, 0) is 18.9 Å². The van der Waals surface area contributed by atoms with Crippen molar-refractivity contribution in [1.29, 1.82) is 0 Å². The van der Waals surface area contributed by atoms with Gasteiger partial charge in [0, 0.05) is 6.07 Å². The Bertz CT molecular complexity index is 654. The van der Waals surface area contributed by atoms with Gasteiger partial charge in [0.25, 0.3) is 0 Å². The highest BCUT2D eigenvalue weighted by Gasteiger charge is 2.13. The predicted molar refractivity (Wildman–Crippen MR) is 93.9 cm³/mol. The summed E-state index contributed by atoms with van der Waals surface area (Å²) in [4.78, 5) is 20.2. The molecular weight excluding hydrogens is 310 g/mol. The number of aromatic nitrogens is 2. The van der Waals surface area contributed by atoms with Crippen LogP contribution in [0, 0.1) is 6.92 Å². The largest absolute Gasteiger partial charge is 0.383 e. The summed E-state index contributed by atoms with van der Waals surface area (Å²) < 4.78 is 0. The number of thioether (sulfide) groups is 1. The summed E-state index contributed by atoms with van der Waals surface area (Å²) in [6.07, 6.45) is 0.821. The molecule has 122 valence electrons. The molecule has 0 aliphatic carbocycles. The molecule has 0 saturated carbocycles. The zero-order valence-electron chi connectivity index (χ0n) is 13.2. The third-order valence-corrected chi connectivity index (χ3v) is 4.15. The summed E-state index contributed by atoms with van der Waals surface area (Å²) in [5.74, 6) is 0.732. The molecule has 5 N–H and O–H groups in total. The van der Waals surface area contributed by atoms with Crippen LogP contribution >= 0.6 is 11.8 Å². The van der Waals surface area contributed by atoms with Crippen molar-refractivity contribution in [2.45, 2.75) is 31.5 Å². The number of carbonyl (C=O) groups is 1. The maximum absolute atomic E-state index is 12.1. The molecule has 1 heterocycles. The summed E-state index contributed by atoms with van der Waals surface area (Å²) >= 11 is 1.21. The lowest BCUT2D eigenvalue weighted by Gasteiger charge is -2.17. The maximum atomic E-state index is 12.1. The van der Waals surface area contributed by atoms with Crippen molar-refractivity contribution >= 4 is 29.3 Å². The number of nitrogens with zero attached hydrogens (tertiary/aromatic N) is 2. The fourth-order valence-corrected chi connectivity index (χ4v) is 2.80. The molecule has 1 amide bonds. The Balaban J connectivity index is 1.93. The number of hydrogen-bond acceptors (Lipinski definition) is 6. The lowest BCUT2D eigenvalue weighted by Crippen LogP contribution is -2.29. The molecule has 0 aliphatic heterocycles. The van der Waals surface area contributed by atoms with E-state index in [1.54, 1.807) is 0 Å². The summed E-state index contributed by atoms with van der Waals surface area (Å²) in [7, 11) is 0. The van der Waals surface area contributed by atoms with E-state index in [4.69, 9.17) is 11.5 Å². The standard InChI is InChI=1S/C16H21N5OS/c1-3-12(11-6-4-10(2)5-7-11)19-15(22)9-23-16-20-13(17)8-14(18)21-16/h4-8,12H,3,9H2,1-2H3,(H,19,22)(H4,17,18,20,21)/t12-/m0/s1. The Labute approximate surface area is 140 Å². The first-order valence-electron chi connectivity index (χ1n) is 7.36. The Morgan fingerprint density at radius 3 is 2.39 bits per heavy atom. The van der Waals surface area contributed by atoms with Crippen molar-refractivity contribution in [2.24, 2.45) is 0 Å². The lowest BCUT2D eigenvalue weighted by atomic mass is 10.0. The number of hydrogen-bond donors (Lipinski definition) is 3. The van der Waals surface area contributed by atoms with Crippen LogP contribution in [0.15, 0.2) is 35.5 Å². The molecule has 0 fully saturated rings. The second-order valence-corrected chi connectivity index (χ2v) is 6.17. The molecule has 23 heavy (non-hydrogen) atoms. The van der Waals surface area contributed by atoms with E-state index < -0.39 is 0 Å². The van der Waals surface area contributed by atoms with Gasteiger partial charge in [-0.3, -0.25) is 4.79 Å². The minimum Gasteiger partial charge on any atom is -0.383 e. The monoisotopic (exact) mass is 331 g/mol. The van der Waals surface area contributed by atoms with Crippen molar-refractivity contribution < 1.29 is 4.79 Å². The fourth-order valence-electron chi connectivity index (χ4n) is 2.11. The van der Waals surface area contributed by atoms with E-state index in [1.165, 1.54) is 23.4 Å². The molecule has 6 nitrogen and oxygen atoms in total. The van der Waals surface area contributed by atoms with Gasteiger partial charge < -0.3 is 16.8 Å². The minimum atomic E-state index is -0.0768. The number of nitrogens with one attached hydrogen (secondary N) is 1. The number of aryl methyl sites for hydroxylation is 1. The summed E-state index contributed by atoms with van der Waals surface area (Å²) in [6.45, 7) is 4.08. The first-order valence-corrected chi connectivity index (χ1v) is 8.35. The van der Waals surface area contributed by atoms with Crippen LogP contribution in [0.2, 0.25) is 0 Å². The van der Waals surface area contributed by atoms with Gasteiger partial charge in [-0.25, -0.2) is 9.97 Å². The molecule has 2 aromatic rings. The van der Waals surface area contributed by atoms with Crippen LogP contribution in [0.4, 0.5) is 11.6 Å². The topological polar surface area (TPSA) is 107 Å². The second kappa shape index (κ2) is 7.82. The summed E-state index contributed by atoms with van der Waals surface area (Å²) in [6, 6.07) is 9.65. The quantitative estimate of drug-likeness (QED) is 0.554. The summed E-state index contributed by atoms with van der Waals surface area (Å²) in [5.41, 5.74) is 13.5. The zero-order valence-corrected chi connectivity index (χ0v) is 14.1. The molecule has 1 aromatic carbocycles. The van der Waals surface area contributed by atoms with Gasteiger partial charge >= 0.3 is 0 Å². The van der Waals surface area contributed by atoms with E-state index in [0.717, 1.165) is 12.0 Å². The Morgan fingerprint density at radius 2 is 1.83 bits per heavy atom. The maximum Gasteiger partial charge on any atom is 0.230 e. The van der Waals surface area contributed by atoms with Crippen molar-refractivity contribution in [2.75, 3.05) is 17.2 Å². The molecule has 0 radical (unpaired) electrons. The van der Waals surface area contributed by atoms with E-state index in [1.807, 2.05) is 38.1 Å². The SMILES string of the molecule is CC[C@H](NC(=O)CSc1nc(N)cc(N)n1)c1ccc(C)cc1. The van der Waals surface area contributed by atoms with Gasteiger partial charge in [0.05, 0.1) is 11.8 Å². The van der Waals surface area contributed by atoms with Crippen LogP contribution in [-0.4, -0.2) is 21.6 Å². The molecule has 0 aliphatic rings. The van der Waals surface area contributed by atoms with Crippen molar-refractivity contribution in [1.82, 2.24) is 15.3 Å². The number of anilines is 2. The molecule has 1 atom stereocenters. The minimum absolute atomic E-state index is 0.00414. The van der Waals surface area contributed by atoms with Gasteiger partial charge in [0.1, 0.15) is 11.6 Å². The van der Waals surface area contributed by atoms with E-state index >= 15 is 0 Å². The molecule has 1 aromatic heterocycles. The van der Waals surface area contributed by atoms with Crippen LogP contribution in [-0.2, 0) is 4.79 Å². The van der Waals surface area contributed by atoms with Gasteiger partial charge in [-0.2, -0.15) is 0 Å². The smallest absolute Gasteiger partial charge is 0.230 e. The van der Waals surface area contributed by atoms with Gasteiger partial charge in [0.15, 0.2) is 5.16 Å². The number of nitrogens with two attached hydrogens (primary N) is 2. The molecule has 0 saturated heterocycles. The second-order valence-electron chi connectivity index (χ2n) is 5.23. The van der Waals surface area contributed by atoms with Gasteiger partial charge in [-0.15, -0.1) is 0 Å². The van der Waals surface area contributed by atoms with Crippen molar-refractivity contribution in [3.63, 3.8) is 0 Å². The molecule has 7 heteroatoms. The summed E-state index contributed by atoms with van der Waals surface area (Å²) in [5, 5.41) is 3.43. The van der Waals surface area contributed by atoms with Crippen LogP contribution in [0.25, 0.3) is 0 Å². The number of nitrogen functional groups attached to an aromatic ring is 2. The average molecular weight is 331 g/mol. The number of carbonyl (C=O) groups excluding carboxylic acids is 1. The molecule has 0 bridgehead atoms. The normalized spacial score (nSPS) is 11.9. The Morgan fingerprint density at radius 1 is 1.22 bits per heavy atom. The van der Waals surface area contributed by atoms with Crippen LogP contribution in [0.1, 0.15) is 30.5 Å². The van der Waals surface area contributed by atoms with E-state index in [9.17, 15) is 4.79 Å². The predicted octanol–water partition coefficient (Wildman–Crippen LogP) is 2.31. The van der Waals surface area contributed by atoms with Crippen molar-refractivity contribution in [3.05, 3.63) is 41.5 Å². The highest BCUT2D eigenvalue weighted by Crippen LogP contribution is 2.19. The molecular formula is C16H21N5OS. The number of benzene rings is 1. The van der Waals surface area contributed by atoms with Gasteiger partial charge in [-0.1, -0.05) is 48.5 Å². The van der Waals surface area contributed by atoms with Crippen molar-refractivity contribution in [3.8, 4) is 0 Å². The first-order chi connectivity index (χ1) is 11.0. The van der Waals surface area contributed by atoms with E-state index in [-0.39, 0.29) is 17.7 Å². The third kappa shape index (κ3) is 5.14. The molecule has 0 spiro atoms. The zero-order chi connectivity index (χ0) is 16.8. The van der Waals surface area contributed by atoms with E-state index in [0.29, 0.717) is 16.8 Å². The van der Waals surface area contributed by atoms with Gasteiger partial charge in [0.2, 0.25) is 5.91 Å². The Hall–Kier alpha value is -2.28. The Kier molecular flexibility index (Phi) is 5.81. The highest BCUT2D eigenvalue weighted by atomic mass is 32.2. The lowest BCUT2D eigenvalue weighted by molar-refractivity contribution is -0.119. The first kappa shape index (κ1) is 17.1. The molecule has 0 unspecified atom stereocenters. The average Bonchev–Trinajstić information content (AvgIpc) is 2.51. The molecule has 2 rings (SSSR count). The van der Waals surface area contributed by atoms with Crippen LogP contribution < -0.4 is 16.8 Å². The third-order valence-electron chi connectivity index (χ3n) is 3.30. The highest BCUT2D eigenvalue weighted by molar-refractivity contribution is 7.99. The van der Waals surface area contributed by atoms with Crippen LogP contribution in [0.3, 0.4) is 0 Å². The van der Waals surface area contributed by atoms with E-state index in [2.05, 4.69) is 15.3 Å². The number of rotatable bonds is 6.